The first-order valence-corrected chi connectivity index (χ1v) is 8.60. The zero-order chi connectivity index (χ0) is 15.2. The molecule has 0 saturated carbocycles. The molecule has 0 aliphatic heterocycles. The molecule has 1 N–H and O–H groups in total. The van der Waals surface area contributed by atoms with Crippen LogP contribution in [0.4, 0.5) is 0 Å². The second kappa shape index (κ2) is 7.61. The Morgan fingerprint density at radius 3 is 2.29 bits per heavy atom. The van der Waals surface area contributed by atoms with Crippen molar-refractivity contribution in [2.24, 2.45) is 0 Å². The van der Waals surface area contributed by atoms with Gasteiger partial charge in [0, 0.05) is 22.8 Å². The molecule has 114 valence electrons. The fourth-order valence-corrected chi connectivity index (χ4v) is 2.91. The van der Waals surface area contributed by atoms with Gasteiger partial charge in [-0.15, -0.1) is 11.3 Å². The van der Waals surface area contributed by atoms with E-state index >= 15 is 0 Å². The van der Waals surface area contributed by atoms with Gasteiger partial charge in [0.15, 0.2) is 5.82 Å². The van der Waals surface area contributed by atoms with Crippen LogP contribution in [0, 0.1) is 0 Å². The highest BCUT2D eigenvalue weighted by Crippen LogP contribution is 2.20. The predicted molar refractivity (Wildman–Crippen MR) is 88.7 cm³/mol. The normalized spacial score (nSPS) is 11.3. The van der Waals surface area contributed by atoms with Crippen molar-refractivity contribution in [3.63, 3.8) is 0 Å². The largest absolute Gasteiger partial charge is 0.314 e. The molecule has 0 spiro atoms. The van der Waals surface area contributed by atoms with Crippen LogP contribution in [0.3, 0.4) is 0 Å². The van der Waals surface area contributed by atoms with Crippen LogP contribution >= 0.6 is 11.3 Å². The first kappa shape index (κ1) is 16.0. The Labute approximate surface area is 131 Å². The summed E-state index contributed by atoms with van der Waals surface area (Å²) >= 11 is 1.58. The number of thiazole rings is 1. The third-order valence-electron chi connectivity index (χ3n) is 3.44. The third kappa shape index (κ3) is 4.08. The lowest BCUT2D eigenvalue weighted by atomic mass is 10.0. The number of aromatic nitrogens is 3. The molecule has 4 nitrogen and oxygen atoms in total. The molecule has 0 fully saturated rings. The van der Waals surface area contributed by atoms with Crippen LogP contribution in [0.25, 0.3) is 11.5 Å². The number of hydrogen-bond acceptors (Lipinski definition) is 5. The van der Waals surface area contributed by atoms with E-state index in [9.17, 15) is 0 Å². The maximum atomic E-state index is 4.75. The van der Waals surface area contributed by atoms with Crippen LogP contribution in [0.2, 0.25) is 0 Å². The number of aryl methyl sites for hydroxylation is 2. The first-order chi connectivity index (χ1) is 10.2. The van der Waals surface area contributed by atoms with Crippen LogP contribution in [-0.4, -0.2) is 27.5 Å². The number of hydrogen-bond donors (Lipinski definition) is 1. The van der Waals surface area contributed by atoms with Crippen molar-refractivity contribution in [2.75, 3.05) is 6.54 Å². The minimum atomic E-state index is 0.510. The molecule has 5 heteroatoms. The summed E-state index contributed by atoms with van der Waals surface area (Å²) in [6, 6.07) is 0.510. The highest BCUT2D eigenvalue weighted by Gasteiger charge is 2.14. The lowest BCUT2D eigenvalue weighted by Gasteiger charge is -2.14. The number of nitrogens with one attached hydrogen (secondary N) is 1. The van der Waals surface area contributed by atoms with Gasteiger partial charge in [0.25, 0.3) is 0 Å². The first-order valence-electron chi connectivity index (χ1n) is 7.66. The highest BCUT2D eigenvalue weighted by molar-refractivity contribution is 7.07. The fraction of sp³-hybridized carbons (Fsp3) is 0.562. The van der Waals surface area contributed by atoms with Crippen molar-refractivity contribution in [2.45, 2.75) is 53.0 Å². The molecule has 2 rings (SSSR count). The van der Waals surface area contributed by atoms with Gasteiger partial charge in [-0.2, -0.15) is 0 Å². The van der Waals surface area contributed by atoms with E-state index in [1.165, 1.54) is 5.56 Å². The summed E-state index contributed by atoms with van der Waals surface area (Å²) in [7, 11) is 0. The summed E-state index contributed by atoms with van der Waals surface area (Å²) in [6.07, 6.45) is 2.86. The average Bonchev–Trinajstić information content (AvgIpc) is 3.00. The number of rotatable bonds is 7. The molecule has 0 amide bonds. The molecule has 0 aliphatic rings. The van der Waals surface area contributed by atoms with Gasteiger partial charge in [-0.1, -0.05) is 27.7 Å². The molecule has 0 radical (unpaired) electrons. The molecular weight excluding hydrogens is 280 g/mol. The minimum absolute atomic E-state index is 0.510. The summed E-state index contributed by atoms with van der Waals surface area (Å²) in [5.41, 5.74) is 6.35. The molecule has 2 aromatic rings. The summed E-state index contributed by atoms with van der Waals surface area (Å²) < 4.78 is 0. The van der Waals surface area contributed by atoms with Crippen molar-refractivity contribution in [1.82, 2.24) is 20.3 Å². The Morgan fingerprint density at radius 1 is 1.14 bits per heavy atom. The van der Waals surface area contributed by atoms with Gasteiger partial charge in [0.05, 0.1) is 5.51 Å². The van der Waals surface area contributed by atoms with E-state index in [-0.39, 0.29) is 0 Å². The third-order valence-corrected chi connectivity index (χ3v) is 4.02. The standard InChI is InChI=1S/C16H24N4S/c1-5-13-12(7-8-17-11(3)4)14(6-2)20-16(19-13)15-9-21-10-18-15/h9-11,17H,5-8H2,1-4H3. The molecule has 2 aromatic heterocycles. The van der Waals surface area contributed by atoms with E-state index in [0.717, 1.165) is 48.7 Å². The highest BCUT2D eigenvalue weighted by atomic mass is 32.1. The van der Waals surface area contributed by atoms with Gasteiger partial charge in [0.2, 0.25) is 0 Å². The lowest BCUT2D eigenvalue weighted by molar-refractivity contribution is 0.586. The molecule has 0 aliphatic carbocycles. The topological polar surface area (TPSA) is 50.7 Å². The molecule has 2 heterocycles. The van der Waals surface area contributed by atoms with Gasteiger partial charge < -0.3 is 5.32 Å². The van der Waals surface area contributed by atoms with Crippen molar-refractivity contribution in [1.29, 1.82) is 0 Å². The van der Waals surface area contributed by atoms with E-state index in [4.69, 9.17) is 9.97 Å². The summed E-state index contributed by atoms with van der Waals surface area (Å²) in [5, 5.41) is 5.48. The minimum Gasteiger partial charge on any atom is -0.314 e. The van der Waals surface area contributed by atoms with Crippen molar-refractivity contribution in [3.8, 4) is 11.5 Å². The van der Waals surface area contributed by atoms with Gasteiger partial charge in [-0.25, -0.2) is 15.0 Å². The fourth-order valence-electron chi connectivity index (χ4n) is 2.38. The predicted octanol–water partition coefficient (Wildman–Crippen LogP) is 3.27. The second-order valence-corrected chi connectivity index (χ2v) is 6.08. The van der Waals surface area contributed by atoms with Gasteiger partial charge >= 0.3 is 0 Å². The Bertz CT molecular complexity index is 539. The smallest absolute Gasteiger partial charge is 0.179 e. The molecule has 0 unspecified atom stereocenters. The van der Waals surface area contributed by atoms with Gasteiger partial charge in [-0.3, -0.25) is 0 Å². The van der Waals surface area contributed by atoms with Crippen LogP contribution < -0.4 is 5.32 Å². The summed E-state index contributed by atoms with van der Waals surface area (Å²) in [5.74, 6) is 0.769. The van der Waals surface area contributed by atoms with E-state index in [1.54, 1.807) is 11.3 Å². The van der Waals surface area contributed by atoms with Crippen LogP contribution in [0.5, 0.6) is 0 Å². The van der Waals surface area contributed by atoms with E-state index < -0.39 is 0 Å². The summed E-state index contributed by atoms with van der Waals surface area (Å²) in [6.45, 7) is 9.63. The maximum Gasteiger partial charge on any atom is 0.179 e. The number of nitrogens with zero attached hydrogens (tertiary/aromatic N) is 3. The Hall–Kier alpha value is -1.33. The molecule has 21 heavy (non-hydrogen) atoms. The maximum absolute atomic E-state index is 4.75. The van der Waals surface area contributed by atoms with Gasteiger partial charge in [-0.05, 0) is 31.4 Å². The lowest BCUT2D eigenvalue weighted by Crippen LogP contribution is -2.26. The Kier molecular flexibility index (Phi) is 5.82. The van der Waals surface area contributed by atoms with Crippen LogP contribution in [0.15, 0.2) is 10.9 Å². The second-order valence-electron chi connectivity index (χ2n) is 5.36. The Morgan fingerprint density at radius 2 is 1.81 bits per heavy atom. The van der Waals surface area contributed by atoms with E-state index in [2.05, 4.69) is 38.0 Å². The van der Waals surface area contributed by atoms with Crippen molar-refractivity contribution >= 4 is 11.3 Å². The van der Waals surface area contributed by atoms with E-state index in [0.29, 0.717) is 6.04 Å². The van der Waals surface area contributed by atoms with Gasteiger partial charge in [0.1, 0.15) is 5.69 Å². The van der Waals surface area contributed by atoms with E-state index in [1.807, 2.05) is 10.9 Å². The Balaban J connectivity index is 2.31. The monoisotopic (exact) mass is 304 g/mol. The summed E-state index contributed by atoms with van der Waals surface area (Å²) in [4.78, 5) is 13.8. The molecule has 0 bridgehead atoms. The zero-order valence-electron chi connectivity index (χ0n) is 13.3. The SMILES string of the molecule is CCc1nc(-c2cscn2)nc(CC)c1CCNC(C)C. The molecular formula is C16H24N4S. The average molecular weight is 304 g/mol. The molecule has 0 atom stereocenters. The molecule has 0 saturated heterocycles. The molecule has 0 aromatic carbocycles. The quantitative estimate of drug-likeness (QED) is 0.853. The van der Waals surface area contributed by atoms with Crippen LogP contribution in [-0.2, 0) is 19.3 Å². The zero-order valence-corrected chi connectivity index (χ0v) is 14.1. The van der Waals surface area contributed by atoms with Crippen LogP contribution in [0.1, 0.15) is 44.6 Å². The van der Waals surface area contributed by atoms with Crippen molar-refractivity contribution < 1.29 is 0 Å². The van der Waals surface area contributed by atoms with Crippen molar-refractivity contribution in [3.05, 3.63) is 27.8 Å².